The topological polar surface area (TPSA) is 131 Å². The van der Waals surface area contributed by atoms with Crippen LogP contribution in [0.25, 0.3) is 0 Å². The molecule has 1 unspecified atom stereocenters. The number of phenols is 1. The summed E-state index contributed by atoms with van der Waals surface area (Å²) < 4.78 is 4.63. The van der Waals surface area contributed by atoms with Gasteiger partial charge < -0.3 is 26.2 Å². The molecule has 0 radical (unpaired) electrons. The van der Waals surface area contributed by atoms with Crippen LogP contribution in [0.4, 0.5) is 0 Å². The largest absolute Gasteiger partial charge is 0.508 e. The average Bonchev–Trinajstić information content (AvgIpc) is 3.15. The van der Waals surface area contributed by atoms with Crippen molar-refractivity contribution in [1.82, 2.24) is 10.6 Å². The van der Waals surface area contributed by atoms with Crippen LogP contribution < -0.4 is 16.4 Å². The first-order valence-corrected chi connectivity index (χ1v) is 9.87. The molecule has 0 aliphatic heterocycles. The molecule has 1 atom stereocenters. The Morgan fingerprint density at radius 3 is 2.52 bits per heavy atom. The lowest BCUT2D eigenvalue weighted by Crippen LogP contribution is -2.46. The lowest BCUT2D eigenvalue weighted by Gasteiger charge is -2.15. The highest BCUT2D eigenvalue weighted by Crippen LogP contribution is 2.29. The molecule has 2 aromatic rings. The summed E-state index contributed by atoms with van der Waals surface area (Å²) >= 11 is 1.05. The van der Waals surface area contributed by atoms with Crippen LogP contribution >= 0.6 is 11.3 Å². The van der Waals surface area contributed by atoms with E-state index in [1.54, 1.807) is 30.3 Å². The fourth-order valence-corrected chi connectivity index (χ4v) is 3.77. The van der Waals surface area contributed by atoms with Gasteiger partial charge in [-0.15, -0.1) is 11.3 Å². The van der Waals surface area contributed by atoms with Crippen LogP contribution in [-0.4, -0.2) is 42.6 Å². The summed E-state index contributed by atoms with van der Waals surface area (Å²) in [4.78, 5) is 37.7. The molecule has 2 amide bonds. The van der Waals surface area contributed by atoms with Gasteiger partial charge in [0.2, 0.25) is 0 Å². The molecule has 0 spiro atoms. The second kappa shape index (κ2) is 10.0. The maximum atomic E-state index is 12.7. The van der Waals surface area contributed by atoms with Gasteiger partial charge in [-0.05, 0) is 35.2 Å². The van der Waals surface area contributed by atoms with Crippen LogP contribution in [0.2, 0.25) is 0 Å². The van der Waals surface area contributed by atoms with E-state index in [0.29, 0.717) is 15.3 Å². The number of nitrogens with two attached hydrogens (primary N) is 1. The van der Waals surface area contributed by atoms with E-state index in [9.17, 15) is 19.5 Å². The molecule has 0 saturated heterocycles. The second-order valence-electron chi connectivity index (χ2n) is 6.69. The average molecular weight is 420 g/mol. The van der Waals surface area contributed by atoms with Crippen molar-refractivity contribution < 1.29 is 24.2 Å². The molecule has 0 aliphatic carbocycles. The Hall–Kier alpha value is -2.91. The van der Waals surface area contributed by atoms with E-state index in [0.717, 1.165) is 16.9 Å². The zero-order valence-electron chi connectivity index (χ0n) is 16.5. The smallest absolute Gasteiger partial charge is 0.329 e. The van der Waals surface area contributed by atoms with E-state index < -0.39 is 17.9 Å². The van der Waals surface area contributed by atoms with E-state index in [2.05, 4.69) is 15.4 Å². The predicted octanol–water partition coefficient (Wildman–Crippen LogP) is 1.74. The summed E-state index contributed by atoms with van der Waals surface area (Å²) in [6.07, 6.45) is 0. The third kappa shape index (κ3) is 5.78. The Bertz CT molecular complexity index is 894. The number of rotatable bonds is 8. The zero-order valence-corrected chi connectivity index (χ0v) is 17.3. The van der Waals surface area contributed by atoms with Gasteiger partial charge in [0.1, 0.15) is 11.8 Å². The maximum Gasteiger partial charge on any atom is 0.329 e. The van der Waals surface area contributed by atoms with Crippen molar-refractivity contribution in [2.45, 2.75) is 32.4 Å². The van der Waals surface area contributed by atoms with E-state index >= 15 is 0 Å². The van der Waals surface area contributed by atoms with Gasteiger partial charge in [-0.1, -0.05) is 26.0 Å². The minimum atomic E-state index is -0.961. The number of hydrogen-bond donors (Lipinski definition) is 4. The van der Waals surface area contributed by atoms with Crippen molar-refractivity contribution >= 4 is 29.1 Å². The molecule has 8 nitrogen and oxygen atoms in total. The highest BCUT2D eigenvalue weighted by atomic mass is 32.1. The summed E-state index contributed by atoms with van der Waals surface area (Å²) in [6, 6.07) is 7.30. The normalized spacial score (nSPS) is 11.8. The molecule has 9 heteroatoms. The first kappa shape index (κ1) is 22.4. The predicted molar refractivity (Wildman–Crippen MR) is 110 cm³/mol. The number of carbonyl (C=O) groups excluding carboxylic acids is 3. The van der Waals surface area contributed by atoms with E-state index in [4.69, 9.17) is 5.73 Å². The number of aromatic hydroxyl groups is 1. The number of benzene rings is 1. The summed E-state index contributed by atoms with van der Waals surface area (Å²) in [5.74, 6) is -1.33. The molecule has 0 saturated carbocycles. The number of thiophene rings is 1. The van der Waals surface area contributed by atoms with Gasteiger partial charge in [-0.2, -0.15) is 0 Å². The molecular formula is C20H25N3O5S. The van der Waals surface area contributed by atoms with Gasteiger partial charge in [-0.25, -0.2) is 4.79 Å². The fraction of sp³-hybridized carbons (Fsp3) is 0.350. The summed E-state index contributed by atoms with van der Waals surface area (Å²) in [5, 5.41) is 14.8. The monoisotopic (exact) mass is 419 g/mol. The number of amides is 2. The molecule has 29 heavy (non-hydrogen) atoms. The number of methoxy groups -OCH3 is 1. The molecular weight excluding hydrogens is 394 g/mol. The summed E-state index contributed by atoms with van der Waals surface area (Å²) in [7, 11) is 1.22. The van der Waals surface area contributed by atoms with Gasteiger partial charge in [-0.3, -0.25) is 9.59 Å². The molecule has 156 valence electrons. The minimum absolute atomic E-state index is 0.00549. The van der Waals surface area contributed by atoms with Gasteiger partial charge in [0.15, 0.2) is 0 Å². The standard InChI is InChI=1S/C20H25N3O5S/c1-11(2)14-8-16(18(25)22-10-12-5-4-6-13(24)7-12)29-17(14)19(26)23-15(9-21)20(27)28-3/h4-8,11,15,24H,9-10,21H2,1-3H3,(H,22,25)(H,23,26). The number of phenolic OH excluding ortho intramolecular Hbond substituents is 1. The van der Waals surface area contributed by atoms with Crippen LogP contribution in [0.15, 0.2) is 30.3 Å². The Balaban J connectivity index is 2.17. The van der Waals surface area contributed by atoms with Crippen LogP contribution in [0.1, 0.15) is 50.2 Å². The Morgan fingerprint density at radius 2 is 1.93 bits per heavy atom. The quantitative estimate of drug-likeness (QED) is 0.482. The van der Waals surface area contributed by atoms with Gasteiger partial charge in [0, 0.05) is 13.1 Å². The lowest BCUT2D eigenvalue weighted by atomic mass is 10.0. The van der Waals surface area contributed by atoms with E-state index in [1.807, 2.05) is 13.8 Å². The number of esters is 1. The summed E-state index contributed by atoms with van der Waals surface area (Å²) in [6.45, 7) is 3.96. The Labute approximate surface area is 173 Å². The highest BCUT2D eigenvalue weighted by Gasteiger charge is 2.25. The Kier molecular flexibility index (Phi) is 7.74. The number of hydrogen-bond acceptors (Lipinski definition) is 7. The molecule has 1 aromatic carbocycles. The lowest BCUT2D eigenvalue weighted by molar-refractivity contribution is -0.142. The van der Waals surface area contributed by atoms with Crippen LogP contribution in [0.3, 0.4) is 0 Å². The van der Waals surface area contributed by atoms with E-state index in [-0.39, 0.29) is 30.7 Å². The molecule has 0 aliphatic rings. The highest BCUT2D eigenvalue weighted by molar-refractivity contribution is 7.16. The first-order chi connectivity index (χ1) is 13.8. The number of nitrogens with one attached hydrogen (secondary N) is 2. The van der Waals surface area contributed by atoms with Gasteiger partial charge >= 0.3 is 5.97 Å². The third-order valence-corrected chi connectivity index (χ3v) is 5.35. The zero-order chi connectivity index (χ0) is 21.6. The van der Waals surface area contributed by atoms with Crippen molar-refractivity contribution in [2.24, 2.45) is 5.73 Å². The van der Waals surface area contributed by atoms with Crippen molar-refractivity contribution in [3.63, 3.8) is 0 Å². The molecule has 2 rings (SSSR count). The van der Waals surface area contributed by atoms with Crippen molar-refractivity contribution in [2.75, 3.05) is 13.7 Å². The molecule has 5 N–H and O–H groups in total. The van der Waals surface area contributed by atoms with Crippen molar-refractivity contribution in [3.05, 3.63) is 51.2 Å². The van der Waals surface area contributed by atoms with Crippen LogP contribution in [0.5, 0.6) is 5.75 Å². The maximum absolute atomic E-state index is 12.7. The van der Waals surface area contributed by atoms with Crippen molar-refractivity contribution in [1.29, 1.82) is 0 Å². The molecule has 1 aromatic heterocycles. The molecule has 1 heterocycles. The third-order valence-electron chi connectivity index (χ3n) is 4.20. The summed E-state index contributed by atoms with van der Waals surface area (Å²) in [5.41, 5.74) is 6.99. The molecule has 0 bridgehead atoms. The number of ether oxygens (including phenoxy) is 1. The van der Waals surface area contributed by atoms with Gasteiger partial charge in [0.25, 0.3) is 11.8 Å². The second-order valence-corrected chi connectivity index (χ2v) is 7.74. The van der Waals surface area contributed by atoms with Gasteiger partial charge in [0.05, 0.1) is 16.9 Å². The van der Waals surface area contributed by atoms with Crippen LogP contribution in [0, 0.1) is 0 Å². The van der Waals surface area contributed by atoms with Crippen LogP contribution in [-0.2, 0) is 16.1 Å². The van der Waals surface area contributed by atoms with E-state index in [1.165, 1.54) is 7.11 Å². The molecule has 0 fully saturated rings. The first-order valence-electron chi connectivity index (χ1n) is 9.05. The Morgan fingerprint density at radius 1 is 1.21 bits per heavy atom. The minimum Gasteiger partial charge on any atom is -0.508 e. The van der Waals surface area contributed by atoms with Crippen molar-refractivity contribution in [3.8, 4) is 5.75 Å². The fourth-order valence-electron chi connectivity index (χ4n) is 2.64. The SMILES string of the molecule is COC(=O)C(CN)NC(=O)c1sc(C(=O)NCc2cccc(O)c2)cc1C(C)C. The number of carbonyl (C=O) groups is 3.